The number of rotatable bonds is 10. The fraction of sp³-hybridized carbons (Fsp3) is 0.676. The van der Waals surface area contributed by atoms with Crippen molar-refractivity contribution in [3.8, 4) is 16.2 Å². The minimum absolute atomic E-state index is 0.0806. The maximum atomic E-state index is 13.2. The summed E-state index contributed by atoms with van der Waals surface area (Å²) in [5.74, 6) is 1.05. The van der Waals surface area contributed by atoms with Crippen LogP contribution in [0.2, 0.25) is 0 Å². The molecule has 0 aliphatic carbocycles. The quantitative estimate of drug-likeness (QED) is 0.275. The van der Waals surface area contributed by atoms with E-state index in [-0.39, 0.29) is 43.2 Å². The SMILES string of the molecule is CC.CC.CO.Cc1ncsc1-c1ccc(CNC(=O)C2CC(O)CN2C(=O)C(C)C(C)C)c(OCCC2CCNCC2)c1. The van der Waals surface area contributed by atoms with E-state index in [0.717, 1.165) is 54.1 Å². The molecule has 2 amide bonds. The van der Waals surface area contributed by atoms with Gasteiger partial charge in [-0.3, -0.25) is 9.59 Å². The third-order valence-corrected chi connectivity index (χ3v) is 9.00. The molecule has 44 heavy (non-hydrogen) atoms. The smallest absolute Gasteiger partial charge is 0.243 e. The van der Waals surface area contributed by atoms with Crippen molar-refractivity contribution < 1.29 is 24.5 Å². The molecule has 2 aliphatic heterocycles. The molecule has 0 bridgehead atoms. The lowest BCUT2D eigenvalue weighted by molar-refractivity contribution is -0.142. The van der Waals surface area contributed by atoms with Gasteiger partial charge in [0.25, 0.3) is 0 Å². The zero-order valence-corrected chi connectivity index (χ0v) is 29.3. The maximum Gasteiger partial charge on any atom is 0.243 e. The number of nitrogens with zero attached hydrogens (tertiary/aromatic N) is 2. The molecular weight excluding hydrogens is 576 g/mol. The summed E-state index contributed by atoms with van der Waals surface area (Å²) >= 11 is 1.60. The van der Waals surface area contributed by atoms with Gasteiger partial charge in [0.05, 0.1) is 28.8 Å². The van der Waals surface area contributed by atoms with Gasteiger partial charge in [-0.25, -0.2) is 4.98 Å². The maximum absolute atomic E-state index is 13.2. The van der Waals surface area contributed by atoms with Crippen molar-refractivity contribution in [2.75, 3.05) is 33.4 Å². The Balaban J connectivity index is 0.00000152. The number of benzene rings is 1. The second-order valence-electron chi connectivity index (χ2n) is 11.1. The Labute approximate surface area is 269 Å². The molecule has 3 atom stereocenters. The standard InChI is InChI=1S/C29H42N4O4S.2C2H6.CH4O/c1-18(2)19(3)29(36)33-16-24(34)14-25(33)28(35)31-15-23-6-5-22(27-20(4)32-17-38-27)13-26(23)37-12-9-21-7-10-30-11-8-21;3*1-2/h5-6,13,17-19,21,24-25,30,34H,7-12,14-16H2,1-4H3,(H,31,35);2*1-2H3;2H,1H3. The summed E-state index contributed by atoms with van der Waals surface area (Å²) in [6.07, 6.45) is 2.91. The van der Waals surface area contributed by atoms with E-state index >= 15 is 0 Å². The number of aryl methyl sites for hydroxylation is 1. The molecule has 1 aromatic carbocycles. The zero-order valence-electron chi connectivity index (χ0n) is 28.5. The van der Waals surface area contributed by atoms with Crippen LogP contribution >= 0.6 is 11.3 Å². The van der Waals surface area contributed by atoms with Crippen molar-refractivity contribution in [3.63, 3.8) is 0 Å². The number of carbonyl (C=O) groups is 2. The molecule has 2 saturated heterocycles. The average Bonchev–Trinajstić information content (AvgIpc) is 3.68. The number of hydrogen-bond acceptors (Lipinski definition) is 8. The van der Waals surface area contributed by atoms with Crippen LogP contribution in [-0.4, -0.2) is 77.4 Å². The highest BCUT2D eigenvalue weighted by Crippen LogP contribution is 2.32. The number of amides is 2. The van der Waals surface area contributed by atoms with Gasteiger partial charge in [0, 0.05) is 38.1 Å². The molecule has 0 saturated carbocycles. The van der Waals surface area contributed by atoms with Gasteiger partial charge < -0.3 is 30.5 Å². The summed E-state index contributed by atoms with van der Waals surface area (Å²) in [4.78, 5) is 33.3. The summed E-state index contributed by atoms with van der Waals surface area (Å²) < 4.78 is 6.32. The Bertz CT molecular complexity index is 1100. The molecule has 2 aliphatic rings. The van der Waals surface area contributed by atoms with E-state index in [1.54, 1.807) is 16.2 Å². The van der Waals surface area contributed by atoms with Crippen molar-refractivity contribution in [3.05, 3.63) is 35.0 Å². The number of likely N-dealkylation sites (tertiary alicyclic amines) is 1. The van der Waals surface area contributed by atoms with E-state index in [1.165, 1.54) is 12.8 Å². The second kappa shape index (κ2) is 21.2. The highest BCUT2D eigenvalue weighted by molar-refractivity contribution is 7.13. The van der Waals surface area contributed by atoms with Crippen LogP contribution < -0.4 is 15.4 Å². The van der Waals surface area contributed by atoms with E-state index < -0.39 is 12.1 Å². The third-order valence-electron chi connectivity index (χ3n) is 8.02. The summed E-state index contributed by atoms with van der Waals surface area (Å²) in [6, 6.07) is 5.43. The zero-order chi connectivity index (χ0) is 33.2. The summed E-state index contributed by atoms with van der Waals surface area (Å²) in [7, 11) is 1.00. The van der Waals surface area contributed by atoms with E-state index in [1.807, 2.05) is 79.1 Å². The monoisotopic (exact) mass is 634 g/mol. The Hall–Kier alpha value is -2.53. The number of carbonyl (C=O) groups excluding carboxylic acids is 2. The van der Waals surface area contributed by atoms with Crippen molar-refractivity contribution in [2.24, 2.45) is 17.8 Å². The minimum atomic E-state index is -0.690. The van der Waals surface area contributed by atoms with Gasteiger partial charge in [0.15, 0.2) is 0 Å². The normalized spacial score (nSPS) is 18.6. The highest BCUT2D eigenvalue weighted by atomic mass is 32.1. The lowest BCUT2D eigenvalue weighted by Gasteiger charge is -2.28. The lowest BCUT2D eigenvalue weighted by Crippen LogP contribution is -2.48. The van der Waals surface area contributed by atoms with E-state index in [2.05, 4.69) is 15.6 Å². The number of β-amino-alcohol motifs (C(OH)–C–C–N with tert-alkyl or cyclic N) is 1. The Morgan fingerprint density at radius 1 is 1.14 bits per heavy atom. The first-order valence-electron chi connectivity index (χ1n) is 16.3. The van der Waals surface area contributed by atoms with Crippen LogP contribution in [0.5, 0.6) is 5.75 Å². The molecule has 0 radical (unpaired) electrons. The summed E-state index contributed by atoms with van der Waals surface area (Å²) in [5, 5.41) is 23.7. The molecule has 3 heterocycles. The fourth-order valence-electron chi connectivity index (χ4n) is 5.21. The van der Waals surface area contributed by atoms with Crippen molar-refractivity contribution >= 4 is 23.2 Å². The molecule has 9 nitrogen and oxygen atoms in total. The number of aliphatic hydroxyl groups is 2. The molecule has 4 N–H and O–H groups in total. The van der Waals surface area contributed by atoms with E-state index in [0.29, 0.717) is 12.5 Å². The number of aliphatic hydroxyl groups excluding tert-OH is 2. The van der Waals surface area contributed by atoms with Crippen molar-refractivity contribution in [2.45, 2.75) is 99.8 Å². The Kier molecular flexibility index (Phi) is 19.1. The first-order valence-corrected chi connectivity index (χ1v) is 17.2. The molecule has 3 unspecified atom stereocenters. The molecule has 2 aromatic rings. The van der Waals surface area contributed by atoms with Gasteiger partial charge in [-0.05, 0) is 62.7 Å². The molecule has 250 valence electrons. The van der Waals surface area contributed by atoms with Gasteiger partial charge in [-0.2, -0.15) is 0 Å². The van der Waals surface area contributed by atoms with Crippen LogP contribution in [0.4, 0.5) is 0 Å². The highest BCUT2D eigenvalue weighted by Gasteiger charge is 2.40. The van der Waals surface area contributed by atoms with Crippen LogP contribution in [0.15, 0.2) is 23.7 Å². The number of aromatic nitrogens is 1. The van der Waals surface area contributed by atoms with Crippen LogP contribution in [0.1, 0.15) is 85.4 Å². The van der Waals surface area contributed by atoms with Crippen molar-refractivity contribution in [1.82, 2.24) is 20.5 Å². The van der Waals surface area contributed by atoms with Gasteiger partial charge in [-0.1, -0.05) is 60.6 Å². The molecule has 10 heteroatoms. The van der Waals surface area contributed by atoms with Gasteiger partial charge >= 0.3 is 0 Å². The van der Waals surface area contributed by atoms with E-state index in [9.17, 15) is 14.7 Å². The minimum Gasteiger partial charge on any atom is -0.493 e. The first-order chi connectivity index (χ1) is 21.2. The topological polar surface area (TPSA) is 124 Å². The number of nitrogens with one attached hydrogen (secondary N) is 2. The molecule has 1 aromatic heterocycles. The Morgan fingerprint density at radius 2 is 1.80 bits per heavy atom. The van der Waals surface area contributed by atoms with Crippen LogP contribution in [0.25, 0.3) is 10.4 Å². The Morgan fingerprint density at radius 3 is 2.39 bits per heavy atom. The summed E-state index contributed by atoms with van der Waals surface area (Å²) in [5.41, 5.74) is 4.77. The third kappa shape index (κ3) is 11.4. The second-order valence-corrected chi connectivity index (χ2v) is 11.9. The van der Waals surface area contributed by atoms with Gasteiger partial charge in [0.2, 0.25) is 11.8 Å². The summed E-state index contributed by atoms with van der Waals surface area (Å²) in [6.45, 7) is 19.1. The number of piperidine rings is 1. The molecule has 2 fully saturated rings. The van der Waals surface area contributed by atoms with E-state index in [4.69, 9.17) is 9.84 Å². The predicted octanol–water partition coefficient (Wildman–Crippen LogP) is 5.42. The first kappa shape index (κ1) is 39.5. The average molecular weight is 635 g/mol. The fourth-order valence-corrected chi connectivity index (χ4v) is 6.02. The van der Waals surface area contributed by atoms with Crippen LogP contribution in [0, 0.1) is 24.7 Å². The number of ether oxygens (including phenoxy) is 1. The number of hydrogen-bond donors (Lipinski definition) is 4. The predicted molar refractivity (Wildman–Crippen MR) is 181 cm³/mol. The molecule has 0 spiro atoms. The van der Waals surface area contributed by atoms with Gasteiger partial charge in [0.1, 0.15) is 11.8 Å². The van der Waals surface area contributed by atoms with Crippen molar-refractivity contribution in [1.29, 1.82) is 0 Å². The molecular formula is C34H58N4O5S. The van der Waals surface area contributed by atoms with Crippen LogP contribution in [0.3, 0.4) is 0 Å². The largest absolute Gasteiger partial charge is 0.493 e. The lowest BCUT2D eigenvalue weighted by atomic mass is 9.95. The molecule has 4 rings (SSSR count). The van der Waals surface area contributed by atoms with Crippen LogP contribution in [-0.2, 0) is 16.1 Å². The number of thiazole rings is 1. The van der Waals surface area contributed by atoms with Gasteiger partial charge in [-0.15, -0.1) is 11.3 Å².